The molecule has 0 aromatic carbocycles. The number of piperazine rings is 1. The standard InChI is InChI=1S/C8H14N2O2.ClH/c1-12-8(11)2-5-10-6-3-9-4-7-10;/h2,5,9H,3-4,6-7H2,1H3;1H/b5-2+;. The maximum absolute atomic E-state index is 10.7. The second-order valence-electron chi connectivity index (χ2n) is 2.74. The van der Waals surface area contributed by atoms with Gasteiger partial charge in [-0.15, -0.1) is 0 Å². The van der Waals surface area contributed by atoms with E-state index in [0.717, 1.165) is 26.2 Å². The zero-order valence-electron chi connectivity index (χ0n) is 7.70. The second kappa shape index (κ2) is 6.74. The van der Waals surface area contributed by atoms with Crippen molar-refractivity contribution in [3.05, 3.63) is 12.3 Å². The average Bonchev–Trinajstić information content (AvgIpc) is 2.16. The minimum absolute atomic E-state index is 0. The molecular formula is C8H15ClN2O2. The van der Waals surface area contributed by atoms with Crippen molar-refractivity contribution in [2.75, 3.05) is 33.3 Å². The molecule has 0 saturated carbocycles. The first-order valence-electron chi connectivity index (χ1n) is 4.15. The summed E-state index contributed by atoms with van der Waals surface area (Å²) in [6, 6.07) is 0. The van der Waals surface area contributed by atoms with Gasteiger partial charge < -0.3 is 27.4 Å². The molecular weight excluding hydrogens is 192 g/mol. The third kappa shape index (κ3) is 4.75. The fraction of sp³-hybridized carbons (Fsp3) is 0.625. The van der Waals surface area contributed by atoms with E-state index in [9.17, 15) is 4.79 Å². The molecule has 1 aliphatic rings. The lowest BCUT2D eigenvalue weighted by Crippen LogP contribution is -3.00. The highest BCUT2D eigenvalue weighted by molar-refractivity contribution is 5.81. The van der Waals surface area contributed by atoms with Crippen LogP contribution >= 0.6 is 0 Å². The van der Waals surface area contributed by atoms with Gasteiger partial charge in [0.15, 0.2) is 0 Å². The summed E-state index contributed by atoms with van der Waals surface area (Å²) in [5.74, 6) is -0.287. The number of nitrogens with two attached hydrogens (primary N) is 1. The monoisotopic (exact) mass is 206 g/mol. The molecule has 1 fully saturated rings. The molecule has 0 aromatic heterocycles. The first kappa shape index (κ1) is 12.3. The van der Waals surface area contributed by atoms with Gasteiger partial charge in [0, 0.05) is 12.3 Å². The highest BCUT2D eigenvalue weighted by Crippen LogP contribution is 1.90. The Bertz CT molecular complexity index is 179. The lowest BCUT2D eigenvalue weighted by molar-refractivity contribution is -0.662. The molecule has 1 rings (SSSR count). The van der Waals surface area contributed by atoms with Crippen LogP contribution in [0.3, 0.4) is 0 Å². The van der Waals surface area contributed by atoms with E-state index >= 15 is 0 Å². The van der Waals surface area contributed by atoms with Crippen LogP contribution in [0.15, 0.2) is 12.3 Å². The molecule has 13 heavy (non-hydrogen) atoms. The van der Waals surface area contributed by atoms with Gasteiger partial charge >= 0.3 is 5.97 Å². The Balaban J connectivity index is 0.00000144. The second-order valence-corrected chi connectivity index (χ2v) is 2.74. The summed E-state index contributed by atoms with van der Waals surface area (Å²) in [6.07, 6.45) is 3.27. The van der Waals surface area contributed by atoms with Crippen LogP contribution in [-0.4, -0.2) is 44.2 Å². The molecule has 0 aromatic rings. The molecule has 0 spiro atoms. The van der Waals surface area contributed by atoms with Gasteiger partial charge in [-0.2, -0.15) is 0 Å². The van der Waals surface area contributed by atoms with E-state index in [2.05, 4.69) is 15.0 Å². The number of esters is 1. The summed E-state index contributed by atoms with van der Waals surface area (Å²) in [5, 5.41) is 2.27. The summed E-state index contributed by atoms with van der Waals surface area (Å²) < 4.78 is 4.48. The van der Waals surface area contributed by atoms with Crippen LogP contribution in [0.4, 0.5) is 0 Å². The maximum atomic E-state index is 10.7. The predicted molar refractivity (Wildman–Crippen MR) is 44.4 cm³/mol. The van der Waals surface area contributed by atoms with E-state index in [-0.39, 0.29) is 18.4 Å². The Kier molecular flexibility index (Phi) is 6.36. The van der Waals surface area contributed by atoms with Crippen molar-refractivity contribution in [1.82, 2.24) is 4.90 Å². The Morgan fingerprint density at radius 1 is 1.46 bits per heavy atom. The quantitative estimate of drug-likeness (QED) is 0.367. The van der Waals surface area contributed by atoms with Crippen molar-refractivity contribution in [2.24, 2.45) is 0 Å². The SMILES string of the molecule is COC(=O)/C=C/N1CC[NH2+]CC1.[Cl-]. The van der Waals surface area contributed by atoms with E-state index in [1.54, 1.807) is 6.20 Å². The van der Waals surface area contributed by atoms with Crippen LogP contribution in [0, 0.1) is 0 Å². The number of hydrogen-bond donors (Lipinski definition) is 1. The lowest BCUT2D eigenvalue weighted by atomic mass is 10.4. The topological polar surface area (TPSA) is 46.1 Å². The molecule has 76 valence electrons. The molecule has 1 heterocycles. The van der Waals surface area contributed by atoms with E-state index in [1.165, 1.54) is 13.2 Å². The number of carbonyl (C=O) groups is 1. The highest BCUT2D eigenvalue weighted by atomic mass is 35.5. The molecule has 0 aliphatic carbocycles. The van der Waals surface area contributed by atoms with Gasteiger partial charge in [-0.1, -0.05) is 0 Å². The maximum Gasteiger partial charge on any atom is 0.331 e. The van der Waals surface area contributed by atoms with Gasteiger partial charge in [0.05, 0.1) is 33.3 Å². The molecule has 0 bridgehead atoms. The molecule has 1 saturated heterocycles. The highest BCUT2D eigenvalue weighted by Gasteiger charge is 2.07. The van der Waals surface area contributed by atoms with Crippen LogP contribution in [0.1, 0.15) is 0 Å². The van der Waals surface area contributed by atoms with Crippen LogP contribution < -0.4 is 17.7 Å². The van der Waals surface area contributed by atoms with Gasteiger partial charge in [-0.05, 0) is 0 Å². The molecule has 0 atom stereocenters. The van der Waals surface area contributed by atoms with Crippen LogP contribution in [0.25, 0.3) is 0 Å². The van der Waals surface area contributed by atoms with Crippen molar-refractivity contribution in [1.29, 1.82) is 0 Å². The number of halogens is 1. The molecule has 2 N–H and O–H groups in total. The largest absolute Gasteiger partial charge is 1.00 e. The van der Waals surface area contributed by atoms with Crippen molar-refractivity contribution in [3.8, 4) is 0 Å². The third-order valence-corrected chi connectivity index (χ3v) is 1.86. The van der Waals surface area contributed by atoms with Crippen molar-refractivity contribution >= 4 is 5.97 Å². The summed E-state index contributed by atoms with van der Waals surface area (Å²) in [4.78, 5) is 12.8. The van der Waals surface area contributed by atoms with Crippen LogP contribution in [0.2, 0.25) is 0 Å². The molecule has 5 heteroatoms. The molecule has 0 unspecified atom stereocenters. The summed E-state index contributed by atoms with van der Waals surface area (Å²) >= 11 is 0. The van der Waals surface area contributed by atoms with Crippen molar-refractivity contribution in [2.45, 2.75) is 0 Å². The summed E-state index contributed by atoms with van der Waals surface area (Å²) in [6.45, 7) is 4.22. The Morgan fingerprint density at radius 2 is 2.08 bits per heavy atom. The number of rotatable bonds is 2. The fourth-order valence-electron chi connectivity index (χ4n) is 1.15. The smallest absolute Gasteiger partial charge is 0.331 e. The molecule has 0 radical (unpaired) electrons. The Hall–Kier alpha value is -0.740. The summed E-state index contributed by atoms with van der Waals surface area (Å²) in [5.41, 5.74) is 0. The van der Waals surface area contributed by atoms with Gasteiger partial charge in [0.1, 0.15) is 0 Å². The Labute approximate surface area is 84.3 Å². The zero-order chi connectivity index (χ0) is 8.81. The van der Waals surface area contributed by atoms with Gasteiger partial charge in [0.2, 0.25) is 0 Å². The van der Waals surface area contributed by atoms with Crippen LogP contribution in [0.5, 0.6) is 0 Å². The average molecular weight is 207 g/mol. The van der Waals surface area contributed by atoms with E-state index in [1.807, 2.05) is 0 Å². The Morgan fingerprint density at radius 3 is 2.62 bits per heavy atom. The third-order valence-electron chi connectivity index (χ3n) is 1.86. The number of nitrogens with zero attached hydrogens (tertiary/aromatic N) is 1. The fourth-order valence-corrected chi connectivity index (χ4v) is 1.15. The number of carbonyl (C=O) groups excluding carboxylic acids is 1. The number of hydrogen-bond acceptors (Lipinski definition) is 3. The van der Waals surface area contributed by atoms with E-state index < -0.39 is 0 Å². The lowest BCUT2D eigenvalue weighted by Gasteiger charge is -2.22. The minimum atomic E-state index is -0.287. The van der Waals surface area contributed by atoms with Gasteiger partial charge in [-0.3, -0.25) is 0 Å². The van der Waals surface area contributed by atoms with Crippen molar-refractivity contribution in [3.63, 3.8) is 0 Å². The van der Waals surface area contributed by atoms with Crippen molar-refractivity contribution < 1.29 is 27.3 Å². The molecule has 0 amide bonds. The number of ether oxygens (including phenoxy) is 1. The zero-order valence-corrected chi connectivity index (χ0v) is 8.46. The van der Waals surface area contributed by atoms with Crippen LogP contribution in [-0.2, 0) is 9.53 Å². The van der Waals surface area contributed by atoms with Gasteiger partial charge in [-0.25, -0.2) is 4.79 Å². The van der Waals surface area contributed by atoms with E-state index in [4.69, 9.17) is 0 Å². The normalized spacial score (nSPS) is 16.8. The number of quaternary nitrogens is 1. The predicted octanol–water partition coefficient (Wildman–Crippen LogP) is -4.44. The first-order chi connectivity index (χ1) is 5.83. The minimum Gasteiger partial charge on any atom is -1.00 e. The number of methoxy groups -OCH3 is 1. The van der Waals surface area contributed by atoms with Gasteiger partial charge in [0.25, 0.3) is 0 Å². The molecule has 4 nitrogen and oxygen atoms in total. The summed E-state index contributed by atoms with van der Waals surface area (Å²) in [7, 11) is 1.39. The van der Waals surface area contributed by atoms with E-state index in [0.29, 0.717) is 0 Å². The molecule has 1 aliphatic heterocycles. The first-order valence-corrected chi connectivity index (χ1v) is 4.15.